The zero-order valence-corrected chi connectivity index (χ0v) is 11.0. The molecule has 0 aliphatic heterocycles. The number of nitrogens with zero attached hydrogens (tertiary/aromatic N) is 1. The first kappa shape index (κ1) is 13.9. The summed E-state index contributed by atoms with van der Waals surface area (Å²) in [5.41, 5.74) is 2.19. The number of ether oxygens (including phenoxy) is 2. The third-order valence-electron chi connectivity index (χ3n) is 2.28. The number of hydrogen-bond acceptors (Lipinski definition) is 4. The minimum Gasteiger partial charge on any atom is -0.475 e. The van der Waals surface area contributed by atoms with Crippen LogP contribution in [0, 0.1) is 6.92 Å². The summed E-state index contributed by atoms with van der Waals surface area (Å²) in [5, 5.41) is 3.37. The first-order valence-electron chi connectivity index (χ1n) is 6.06. The Morgan fingerprint density at radius 1 is 1.29 bits per heavy atom. The van der Waals surface area contributed by atoms with Crippen molar-refractivity contribution >= 4 is 0 Å². The maximum Gasteiger partial charge on any atom is 0.213 e. The van der Waals surface area contributed by atoms with E-state index in [1.807, 2.05) is 13.0 Å². The molecule has 4 heteroatoms. The van der Waals surface area contributed by atoms with Gasteiger partial charge in [-0.25, -0.2) is 4.98 Å². The monoisotopic (exact) mass is 238 g/mol. The van der Waals surface area contributed by atoms with Crippen molar-refractivity contribution in [1.82, 2.24) is 10.3 Å². The Hall–Kier alpha value is -1.13. The van der Waals surface area contributed by atoms with Crippen molar-refractivity contribution in [3.8, 4) is 5.88 Å². The number of hydrogen-bond donors (Lipinski definition) is 1. The predicted octanol–water partition coefficient (Wildman–Crippen LogP) is 1.91. The summed E-state index contributed by atoms with van der Waals surface area (Å²) in [6.45, 7) is 7.14. The van der Waals surface area contributed by atoms with E-state index in [-0.39, 0.29) is 0 Å². The van der Waals surface area contributed by atoms with Crippen LogP contribution in [0.5, 0.6) is 5.88 Å². The van der Waals surface area contributed by atoms with Gasteiger partial charge in [0.15, 0.2) is 0 Å². The largest absolute Gasteiger partial charge is 0.475 e. The van der Waals surface area contributed by atoms with E-state index in [0.717, 1.165) is 25.2 Å². The molecule has 0 radical (unpaired) electrons. The van der Waals surface area contributed by atoms with Crippen LogP contribution in [0.1, 0.15) is 24.6 Å². The van der Waals surface area contributed by atoms with Gasteiger partial charge in [-0.2, -0.15) is 0 Å². The molecule has 1 heterocycles. The second kappa shape index (κ2) is 8.03. The molecule has 1 aromatic heterocycles. The molecular formula is C13H22N2O2. The third kappa shape index (κ3) is 5.65. The minimum atomic E-state index is 0.536. The molecule has 0 saturated heterocycles. The molecule has 0 bridgehead atoms. The average Bonchev–Trinajstić information content (AvgIpc) is 2.29. The van der Waals surface area contributed by atoms with Crippen LogP contribution >= 0.6 is 0 Å². The summed E-state index contributed by atoms with van der Waals surface area (Å²) in [7, 11) is 1.66. The highest BCUT2D eigenvalue weighted by Gasteiger charge is 2.01. The van der Waals surface area contributed by atoms with Gasteiger partial charge in [-0.05, 0) is 31.5 Å². The summed E-state index contributed by atoms with van der Waals surface area (Å²) in [6.07, 6.45) is 1.14. The Morgan fingerprint density at radius 3 is 2.82 bits per heavy atom. The van der Waals surface area contributed by atoms with Gasteiger partial charge in [0.2, 0.25) is 5.88 Å². The fourth-order valence-electron chi connectivity index (χ4n) is 1.52. The quantitative estimate of drug-likeness (QED) is 0.703. The molecule has 0 saturated carbocycles. The van der Waals surface area contributed by atoms with E-state index in [2.05, 4.69) is 23.3 Å². The zero-order chi connectivity index (χ0) is 12.5. The molecule has 0 amide bonds. The fourth-order valence-corrected chi connectivity index (χ4v) is 1.52. The van der Waals surface area contributed by atoms with Crippen molar-refractivity contribution < 1.29 is 9.47 Å². The highest BCUT2D eigenvalue weighted by molar-refractivity contribution is 5.24. The standard InChI is InChI=1S/C13H22N2O2/c1-4-5-14-10-12-8-11(2)15-13(9-12)17-7-6-16-3/h8-9,14H,4-7,10H2,1-3H3. The van der Waals surface area contributed by atoms with Crippen molar-refractivity contribution in [2.24, 2.45) is 0 Å². The second-order valence-corrected chi connectivity index (χ2v) is 3.97. The topological polar surface area (TPSA) is 43.4 Å². The molecular weight excluding hydrogens is 216 g/mol. The Morgan fingerprint density at radius 2 is 2.12 bits per heavy atom. The highest BCUT2D eigenvalue weighted by Crippen LogP contribution is 2.12. The molecule has 0 fully saturated rings. The maximum absolute atomic E-state index is 5.51. The first-order valence-corrected chi connectivity index (χ1v) is 6.06. The lowest BCUT2D eigenvalue weighted by Gasteiger charge is -2.09. The van der Waals surface area contributed by atoms with Gasteiger partial charge in [0.05, 0.1) is 6.61 Å². The van der Waals surface area contributed by atoms with Gasteiger partial charge in [0.1, 0.15) is 6.61 Å². The van der Waals surface area contributed by atoms with Crippen molar-refractivity contribution in [1.29, 1.82) is 0 Å². The van der Waals surface area contributed by atoms with E-state index in [9.17, 15) is 0 Å². The number of methoxy groups -OCH3 is 1. The maximum atomic E-state index is 5.51. The SMILES string of the molecule is CCCNCc1cc(C)nc(OCCOC)c1. The van der Waals surface area contributed by atoms with Gasteiger partial charge in [-0.1, -0.05) is 6.92 Å². The number of rotatable bonds is 8. The molecule has 1 rings (SSSR count). The highest BCUT2D eigenvalue weighted by atomic mass is 16.5. The lowest BCUT2D eigenvalue weighted by atomic mass is 10.2. The summed E-state index contributed by atoms with van der Waals surface area (Å²) >= 11 is 0. The van der Waals surface area contributed by atoms with Crippen LogP contribution in [0.2, 0.25) is 0 Å². The molecule has 96 valence electrons. The predicted molar refractivity (Wildman–Crippen MR) is 68.3 cm³/mol. The van der Waals surface area contributed by atoms with E-state index in [4.69, 9.17) is 9.47 Å². The van der Waals surface area contributed by atoms with Crippen molar-refractivity contribution in [3.63, 3.8) is 0 Å². The zero-order valence-electron chi connectivity index (χ0n) is 11.0. The summed E-state index contributed by atoms with van der Waals surface area (Å²) in [6, 6.07) is 4.05. The average molecular weight is 238 g/mol. The molecule has 4 nitrogen and oxygen atoms in total. The Labute approximate surface area is 103 Å². The molecule has 0 spiro atoms. The molecule has 0 aromatic carbocycles. The van der Waals surface area contributed by atoms with Gasteiger partial charge in [0.25, 0.3) is 0 Å². The Balaban J connectivity index is 2.53. The Kier molecular flexibility index (Phi) is 6.58. The van der Waals surface area contributed by atoms with Crippen LogP contribution in [0.25, 0.3) is 0 Å². The summed E-state index contributed by atoms with van der Waals surface area (Å²) in [4.78, 5) is 4.33. The van der Waals surface area contributed by atoms with Crippen LogP contribution in [-0.4, -0.2) is 31.9 Å². The Bertz CT molecular complexity index is 301. The van der Waals surface area contributed by atoms with Crippen molar-refractivity contribution in [3.05, 3.63) is 23.4 Å². The van der Waals surface area contributed by atoms with Gasteiger partial charge >= 0.3 is 0 Å². The normalized spacial score (nSPS) is 10.5. The van der Waals surface area contributed by atoms with E-state index in [1.165, 1.54) is 5.56 Å². The van der Waals surface area contributed by atoms with Crippen LogP contribution < -0.4 is 10.1 Å². The minimum absolute atomic E-state index is 0.536. The first-order chi connectivity index (χ1) is 8.26. The molecule has 1 N–H and O–H groups in total. The molecule has 17 heavy (non-hydrogen) atoms. The van der Waals surface area contributed by atoms with Gasteiger partial charge < -0.3 is 14.8 Å². The smallest absolute Gasteiger partial charge is 0.213 e. The van der Waals surface area contributed by atoms with Gasteiger partial charge in [0, 0.05) is 25.4 Å². The summed E-state index contributed by atoms with van der Waals surface area (Å²) in [5.74, 6) is 0.676. The number of pyridine rings is 1. The summed E-state index contributed by atoms with van der Waals surface area (Å²) < 4.78 is 10.4. The molecule has 1 aromatic rings. The van der Waals surface area contributed by atoms with Gasteiger partial charge in [-0.3, -0.25) is 0 Å². The van der Waals surface area contributed by atoms with Crippen LogP contribution in [0.4, 0.5) is 0 Å². The van der Waals surface area contributed by atoms with E-state index < -0.39 is 0 Å². The van der Waals surface area contributed by atoms with Crippen molar-refractivity contribution in [2.45, 2.75) is 26.8 Å². The molecule has 0 aliphatic rings. The van der Waals surface area contributed by atoms with Crippen LogP contribution in [0.15, 0.2) is 12.1 Å². The van der Waals surface area contributed by atoms with E-state index in [1.54, 1.807) is 7.11 Å². The van der Waals surface area contributed by atoms with E-state index >= 15 is 0 Å². The number of aryl methyl sites for hydroxylation is 1. The van der Waals surface area contributed by atoms with Crippen LogP contribution in [-0.2, 0) is 11.3 Å². The second-order valence-electron chi connectivity index (χ2n) is 3.97. The van der Waals surface area contributed by atoms with Gasteiger partial charge in [-0.15, -0.1) is 0 Å². The van der Waals surface area contributed by atoms with Crippen LogP contribution in [0.3, 0.4) is 0 Å². The number of nitrogens with one attached hydrogen (secondary N) is 1. The third-order valence-corrected chi connectivity index (χ3v) is 2.28. The molecule has 0 aliphatic carbocycles. The molecule has 0 unspecified atom stereocenters. The lowest BCUT2D eigenvalue weighted by molar-refractivity contribution is 0.143. The van der Waals surface area contributed by atoms with E-state index in [0.29, 0.717) is 19.1 Å². The van der Waals surface area contributed by atoms with Crippen molar-refractivity contribution in [2.75, 3.05) is 26.9 Å². The fraction of sp³-hybridized carbons (Fsp3) is 0.615. The lowest BCUT2D eigenvalue weighted by Crippen LogP contribution is -2.14. The number of aromatic nitrogens is 1. The molecule has 0 atom stereocenters.